The van der Waals surface area contributed by atoms with Gasteiger partial charge in [0.15, 0.2) is 5.78 Å². The summed E-state index contributed by atoms with van der Waals surface area (Å²) >= 11 is 0. The first-order chi connectivity index (χ1) is 4.72. The summed E-state index contributed by atoms with van der Waals surface area (Å²) in [6, 6.07) is 0. The molecule has 10 heavy (non-hydrogen) atoms. The number of hydrogen-bond donors (Lipinski definition) is 0. The van der Waals surface area contributed by atoms with E-state index in [1.807, 2.05) is 12.2 Å². The summed E-state index contributed by atoms with van der Waals surface area (Å²) in [5.74, 6) is 0.774. The topological polar surface area (TPSA) is 17.1 Å². The predicted octanol–water partition coefficient (Wildman–Crippen LogP) is 1.95. The first-order valence-electron chi connectivity index (χ1n) is 3.60. The minimum absolute atomic E-state index is 0.116. The van der Waals surface area contributed by atoms with Crippen molar-refractivity contribution in [3.8, 4) is 0 Å². The van der Waals surface area contributed by atoms with Crippen LogP contribution in [0.15, 0.2) is 24.3 Å². The summed E-state index contributed by atoms with van der Waals surface area (Å²) in [6.07, 6.45) is 7.34. The Bertz CT molecular complexity index is 187. The third-order valence-electron chi connectivity index (χ3n) is 1.74. The largest absolute Gasteiger partial charge is 0.294 e. The van der Waals surface area contributed by atoms with Gasteiger partial charge in [-0.15, -0.1) is 0 Å². The standard InChI is InChI=1S/C9H12O/c1-7(2)8-5-3-4-6-9(8)10/h3-8H,1-2H3. The molecule has 1 rings (SSSR count). The van der Waals surface area contributed by atoms with E-state index >= 15 is 0 Å². The molecule has 1 unspecified atom stereocenters. The summed E-state index contributed by atoms with van der Waals surface area (Å²) in [6.45, 7) is 4.12. The van der Waals surface area contributed by atoms with Crippen molar-refractivity contribution in [2.24, 2.45) is 11.8 Å². The molecule has 1 nitrogen and oxygen atoms in total. The maximum Gasteiger partial charge on any atom is 0.162 e. The molecule has 0 aromatic rings. The lowest BCUT2D eigenvalue weighted by atomic mass is 9.89. The molecule has 0 spiro atoms. The molecule has 0 amide bonds. The fourth-order valence-electron chi connectivity index (χ4n) is 1.09. The molecule has 1 heteroatoms. The molecule has 0 aliphatic heterocycles. The van der Waals surface area contributed by atoms with Crippen molar-refractivity contribution in [2.45, 2.75) is 13.8 Å². The van der Waals surface area contributed by atoms with E-state index in [1.54, 1.807) is 12.2 Å². The summed E-state index contributed by atoms with van der Waals surface area (Å²) in [4.78, 5) is 11.1. The van der Waals surface area contributed by atoms with E-state index in [0.29, 0.717) is 5.92 Å². The minimum Gasteiger partial charge on any atom is -0.294 e. The average molecular weight is 136 g/mol. The molecule has 0 N–H and O–H groups in total. The first-order valence-corrected chi connectivity index (χ1v) is 3.60. The maximum atomic E-state index is 11.1. The Labute approximate surface area is 61.4 Å². The van der Waals surface area contributed by atoms with E-state index < -0.39 is 0 Å². The van der Waals surface area contributed by atoms with E-state index in [1.165, 1.54) is 0 Å². The monoisotopic (exact) mass is 136 g/mol. The molecule has 0 bridgehead atoms. The highest BCUT2D eigenvalue weighted by atomic mass is 16.1. The lowest BCUT2D eigenvalue weighted by Crippen LogP contribution is -2.17. The van der Waals surface area contributed by atoms with Gasteiger partial charge in [0.25, 0.3) is 0 Å². The Hall–Kier alpha value is -0.850. The predicted molar refractivity (Wildman–Crippen MR) is 41.6 cm³/mol. The third-order valence-corrected chi connectivity index (χ3v) is 1.74. The van der Waals surface area contributed by atoms with E-state index in [2.05, 4.69) is 13.8 Å². The smallest absolute Gasteiger partial charge is 0.162 e. The van der Waals surface area contributed by atoms with Gasteiger partial charge in [-0.3, -0.25) is 4.79 Å². The zero-order valence-corrected chi connectivity index (χ0v) is 6.37. The Morgan fingerprint density at radius 3 is 2.50 bits per heavy atom. The van der Waals surface area contributed by atoms with Gasteiger partial charge < -0.3 is 0 Å². The molecule has 0 saturated carbocycles. The van der Waals surface area contributed by atoms with Crippen LogP contribution in [0.1, 0.15) is 13.8 Å². The van der Waals surface area contributed by atoms with Crippen molar-refractivity contribution in [1.82, 2.24) is 0 Å². The summed E-state index contributed by atoms with van der Waals surface area (Å²) < 4.78 is 0. The molecule has 1 atom stereocenters. The third kappa shape index (κ3) is 1.35. The van der Waals surface area contributed by atoms with Crippen molar-refractivity contribution >= 4 is 5.78 Å². The Morgan fingerprint density at radius 2 is 2.10 bits per heavy atom. The Morgan fingerprint density at radius 1 is 1.40 bits per heavy atom. The molecule has 1 aliphatic carbocycles. The second kappa shape index (κ2) is 2.82. The Balaban J connectivity index is 2.70. The van der Waals surface area contributed by atoms with Crippen LogP contribution >= 0.6 is 0 Å². The molecule has 0 aromatic carbocycles. The second-order valence-corrected chi connectivity index (χ2v) is 2.92. The normalized spacial score (nSPS) is 24.3. The van der Waals surface area contributed by atoms with Crippen LogP contribution in [0.4, 0.5) is 0 Å². The van der Waals surface area contributed by atoms with Crippen LogP contribution in [-0.4, -0.2) is 5.78 Å². The van der Waals surface area contributed by atoms with Crippen LogP contribution in [0.25, 0.3) is 0 Å². The molecule has 0 heterocycles. The molecule has 54 valence electrons. The molecular formula is C9H12O. The van der Waals surface area contributed by atoms with Gasteiger partial charge in [-0.25, -0.2) is 0 Å². The van der Waals surface area contributed by atoms with Gasteiger partial charge in [0.2, 0.25) is 0 Å². The highest BCUT2D eigenvalue weighted by Gasteiger charge is 2.17. The highest BCUT2D eigenvalue weighted by Crippen LogP contribution is 2.16. The van der Waals surface area contributed by atoms with Gasteiger partial charge in [-0.05, 0) is 12.0 Å². The summed E-state index contributed by atoms with van der Waals surface area (Å²) in [7, 11) is 0. The van der Waals surface area contributed by atoms with Crippen LogP contribution < -0.4 is 0 Å². The first kappa shape index (κ1) is 7.26. The fourth-order valence-corrected chi connectivity index (χ4v) is 1.09. The van der Waals surface area contributed by atoms with Crippen LogP contribution in [0.2, 0.25) is 0 Å². The van der Waals surface area contributed by atoms with E-state index in [9.17, 15) is 4.79 Å². The van der Waals surface area contributed by atoms with E-state index in [0.717, 1.165) is 0 Å². The molecule has 0 fully saturated rings. The number of rotatable bonds is 1. The fraction of sp³-hybridized carbons (Fsp3) is 0.444. The van der Waals surface area contributed by atoms with Crippen LogP contribution in [0.3, 0.4) is 0 Å². The van der Waals surface area contributed by atoms with Gasteiger partial charge in [0, 0.05) is 5.92 Å². The number of ketones is 1. The summed E-state index contributed by atoms with van der Waals surface area (Å²) in [5.41, 5.74) is 0. The number of carbonyl (C=O) groups excluding carboxylic acids is 1. The van der Waals surface area contributed by atoms with Gasteiger partial charge >= 0.3 is 0 Å². The zero-order valence-electron chi connectivity index (χ0n) is 6.37. The lowest BCUT2D eigenvalue weighted by Gasteiger charge is -2.14. The maximum absolute atomic E-state index is 11.1. The van der Waals surface area contributed by atoms with Gasteiger partial charge in [-0.1, -0.05) is 32.1 Å². The van der Waals surface area contributed by atoms with Gasteiger partial charge in [0.05, 0.1) is 0 Å². The number of carbonyl (C=O) groups is 1. The molecule has 1 aliphatic rings. The minimum atomic E-state index is 0.116. The van der Waals surface area contributed by atoms with Gasteiger partial charge in [-0.2, -0.15) is 0 Å². The SMILES string of the molecule is CC(C)C1C=CC=CC1=O. The molecule has 0 aromatic heterocycles. The number of hydrogen-bond acceptors (Lipinski definition) is 1. The van der Waals surface area contributed by atoms with Crippen LogP contribution in [0, 0.1) is 11.8 Å². The molecule has 0 saturated heterocycles. The Kier molecular flexibility index (Phi) is 2.05. The molecule has 0 radical (unpaired) electrons. The van der Waals surface area contributed by atoms with Crippen molar-refractivity contribution < 1.29 is 4.79 Å². The zero-order chi connectivity index (χ0) is 7.56. The highest BCUT2D eigenvalue weighted by molar-refractivity contribution is 5.94. The van der Waals surface area contributed by atoms with Crippen molar-refractivity contribution in [2.75, 3.05) is 0 Å². The van der Waals surface area contributed by atoms with Crippen molar-refractivity contribution in [1.29, 1.82) is 0 Å². The summed E-state index contributed by atoms with van der Waals surface area (Å²) in [5, 5.41) is 0. The van der Waals surface area contributed by atoms with Crippen LogP contribution in [0.5, 0.6) is 0 Å². The van der Waals surface area contributed by atoms with Crippen molar-refractivity contribution in [3.63, 3.8) is 0 Å². The number of allylic oxidation sites excluding steroid dienone is 4. The molecular weight excluding hydrogens is 124 g/mol. The lowest BCUT2D eigenvalue weighted by molar-refractivity contribution is -0.118. The van der Waals surface area contributed by atoms with Crippen molar-refractivity contribution in [3.05, 3.63) is 24.3 Å². The van der Waals surface area contributed by atoms with Crippen LogP contribution in [-0.2, 0) is 4.79 Å². The van der Waals surface area contributed by atoms with E-state index in [4.69, 9.17) is 0 Å². The second-order valence-electron chi connectivity index (χ2n) is 2.92. The quantitative estimate of drug-likeness (QED) is 0.538. The average Bonchev–Trinajstić information content (AvgIpc) is 1.88. The van der Waals surface area contributed by atoms with E-state index in [-0.39, 0.29) is 11.7 Å². The van der Waals surface area contributed by atoms with Gasteiger partial charge in [0.1, 0.15) is 0 Å².